The molecule has 2 saturated heterocycles. The van der Waals surface area contributed by atoms with Gasteiger partial charge in [-0.25, -0.2) is 4.98 Å². The van der Waals surface area contributed by atoms with Crippen LogP contribution < -0.4 is 15.0 Å². The van der Waals surface area contributed by atoms with Gasteiger partial charge in [-0.2, -0.15) is 23.4 Å². The van der Waals surface area contributed by atoms with Crippen LogP contribution in [0.1, 0.15) is 42.6 Å². The van der Waals surface area contributed by atoms with Gasteiger partial charge in [-0.3, -0.25) is 4.79 Å². The SMILES string of the molecule is N#Cc1ccc(CCNC(=O)C2CCCN2c2cc(OC3CCOCC3)nc(C(F)(F)F)n2)cc1. The highest BCUT2D eigenvalue weighted by Crippen LogP contribution is 2.33. The normalized spacial score (nSPS) is 18.8. The minimum atomic E-state index is -4.75. The van der Waals surface area contributed by atoms with Gasteiger partial charge in [0.1, 0.15) is 18.0 Å². The van der Waals surface area contributed by atoms with E-state index in [0.29, 0.717) is 64.0 Å². The maximum absolute atomic E-state index is 13.5. The third kappa shape index (κ3) is 6.39. The van der Waals surface area contributed by atoms with Crippen molar-refractivity contribution in [1.82, 2.24) is 15.3 Å². The van der Waals surface area contributed by atoms with Crippen molar-refractivity contribution in [2.45, 2.75) is 50.4 Å². The minimum Gasteiger partial charge on any atom is -0.474 e. The summed E-state index contributed by atoms with van der Waals surface area (Å²) < 4.78 is 51.6. The Morgan fingerprint density at radius 2 is 1.94 bits per heavy atom. The third-order valence-electron chi connectivity index (χ3n) is 6.04. The van der Waals surface area contributed by atoms with Gasteiger partial charge in [0.05, 0.1) is 24.8 Å². The first kappa shape index (κ1) is 24.7. The number of alkyl halides is 3. The fourth-order valence-corrected chi connectivity index (χ4v) is 4.22. The van der Waals surface area contributed by atoms with E-state index >= 15 is 0 Å². The van der Waals surface area contributed by atoms with Crippen molar-refractivity contribution in [2.75, 3.05) is 31.2 Å². The van der Waals surface area contributed by atoms with Crippen molar-refractivity contribution >= 4 is 11.7 Å². The Bertz CT molecular complexity index is 1070. The summed E-state index contributed by atoms with van der Waals surface area (Å²) in [7, 11) is 0. The van der Waals surface area contributed by atoms with Crippen molar-refractivity contribution in [3.63, 3.8) is 0 Å². The molecule has 0 radical (unpaired) electrons. The summed E-state index contributed by atoms with van der Waals surface area (Å²) >= 11 is 0. The first-order valence-corrected chi connectivity index (χ1v) is 11.6. The quantitative estimate of drug-likeness (QED) is 0.637. The molecule has 1 amide bonds. The fraction of sp³-hybridized carbons (Fsp3) is 0.500. The molecule has 1 N–H and O–H groups in total. The number of halogens is 3. The molecule has 0 spiro atoms. The Morgan fingerprint density at radius 1 is 1.20 bits per heavy atom. The molecule has 4 rings (SSSR count). The predicted octanol–water partition coefficient (Wildman–Crippen LogP) is 3.25. The molecule has 1 aromatic heterocycles. The lowest BCUT2D eigenvalue weighted by Crippen LogP contribution is -2.44. The standard InChI is InChI=1S/C24H26F3N5O3/c25-24(26,27)23-30-20(14-21(31-23)35-18-8-12-34-13-9-18)32-11-1-2-19(32)22(33)29-10-7-16-3-5-17(15-28)6-4-16/h3-6,14,18-19H,1-2,7-13H2,(H,29,33). The highest BCUT2D eigenvalue weighted by atomic mass is 19.4. The van der Waals surface area contributed by atoms with Crippen LogP contribution in [0.3, 0.4) is 0 Å². The molecule has 0 saturated carbocycles. The van der Waals surface area contributed by atoms with Gasteiger partial charge in [-0.1, -0.05) is 12.1 Å². The summed E-state index contributed by atoms with van der Waals surface area (Å²) in [6.07, 6.45) is -2.18. The second-order valence-electron chi connectivity index (χ2n) is 8.52. The fourth-order valence-electron chi connectivity index (χ4n) is 4.22. The van der Waals surface area contributed by atoms with E-state index in [0.717, 1.165) is 5.56 Å². The number of hydrogen-bond acceptors (Lipinski definition) is 7. The number of ether oxygens (including phenoxy) is 2. The number of hydrogen-bond donors (Lipinski definition) is 1. The Balaban J connectivity index is 1.45. The van der Waals surface area contributed by atoms with Crippen LogP contribution in [0.4, 0.5) is 19.0 Å². The monoisotopic (exact) mass is 489 g/mol. The lowest BCUT2D eigenvalue weighted by atomic mass is 10.1. The zero-order chi connectivity index (χ0) is 24.8. The van der Waals surface area contributed by atoms with Crippen molar-refractivity contribution in [3.05, 3.63) is 47.3 Å². The van der Waals surface area contributed by atoms with Crippen molar-refractivity contribution in [3.8, 4) is 11.9 Å². The zero-order valence-electron chi connectivity index (χ0n) is 19.1. The topological polar surface area (TPSA) is 100 Å². The van der Waals surface area contributed by atoms with Crippen LogP contribution >= 0.6 is 0 Å². The Labute approximate surface area is 201 Å². The van der Waals surface area contributed by atoms with E-state index in [4.69, 9.17) is 14.7 Å². The van der Waals surface area contributed by atoms with E-state index in [1.165, 1.54) is 6.07 Å². The number of benzene rings is 1. The summed E-state index contributed by atoms with van der Waals surface area (Å²) in [5.41, 5.74) is 1.52. The van der Waals surface area contributed by atoms with Gasteiger partial charge >= 0.3 is 6.18 Å². The second kappa shape index (κ2) is 10.9. The predicted molar refractivity (Wildman–Crippen MR) is 120 cm³/mol. The summed E-state index contributed by atoms with van der Waals surface area (Å²) in [5, 5.41) is 11.8. The Morgan fingerprint density at radius 3 is 2.63 bits per heavy atom. The molecule has 2 aromatic rings. The van der Waals surface area contributed by atoms with Crippen molar-refractivity contribution in [1.29, 1.82) is 5.26 Å². The average Bonchev–Trinajstić information content (AvgIpc) is 3.35. The van der Waals surface area contributed by atoms with Gasteiger partial charge in [0.2, 0.25) is 17.6 Å². The third-order valence-corrected chi connectivity index (χ3v) is 6.04. The van der Waals surface area contributed by atoms with E-state index in [1.54, 1.807) is 17.0 Å². The van der Waals surface area contributed by atoms with Gasteiger partial charge < -0.3 is 19.7 Å². The van der Waals surface area contributed by atoms with Crippen LogP contribution in [0.25, 0.3) is 0 Å². The number of anilines is 1. The van der Waals surface area contributed by atoms with Crippen LogP contribution in [0.2, 0.25) is 0 Å². The molecule has 0 aliphatic carbocycles. The highest BCUT2D eigenvalue weighted by Gasteiger charge is 2.38. The molecule has 2 fully saturated rings. The first-order chi connectivity index (χ1) is 16.8. The number of nitrogens with one attached hydrogen (secondary N) is 1. The highest BCUT2D eigenvalue weighted by molar-refractivity contribution is 5.85. The van der Waals surface area contributed by atoms with Crippen LogP contribution in [0.15, 0.2) is 30.3 Å². The Hall–Kier alpha value is -3.39. The first-order valence-electron chi connectivity index (χ1n) is 11.6. The molecule has 1 unspecified atom stereocenters. The van der Waals surface area contributed by atoms with Gasteiger partial charge in [0, 0.05) is 32.0 Å². The van der Waals surface area contributed by atoms with Gasteiger partial charge in [-0.15, -0.1) is 0 Å². The van der Waals surface area contributed by atoms with E-state index in [-0.39, 0.29) is 23.7 Å². The number of aromatic nitrogens is 2. The maximum atomic E-state index is 13.5. The summed E-state index contributed by atoms with van der Waals surface area (Å²) in [5.74, 6) is -1.68. The van der Waals surface area contributed by atoms with Gasteiger partial charge in [0.25, 0.3) is 0 Å². The molecule has 3 heterocycles. The van der Waals surface area contributed by atoms with E-state index in [2.05, 4.69) is 21.4 Å². The number of nitrogens with zero attached hydrogens (tertiary/aromatic N) is 4. The molecule has 186 valence electrons. The molecular weight excluding hydrogens is 463 g/mol. The number of amides is 1. The number of nitriles is 1. The zero-order valence-corrected chi connectivity index (χ0v) is 19.1. The smallest absolute Gasteiger partial charge is 0.451 e. The molecular formula is C24H26F3N5O3. The lowest BCUT2D eigenvalue weighted by molar-refractivity contribution is -0.145. The second-order valence-corrected chi connectivity index (χ2v) is 8.52. The van der Waals surface area contributed by atoms with Gasteiger partial charge in [0.15, 0.2) is 0 Å². The Kier molecular flexibility index (Phi) is 7.70. The van der Waals surface area contributed by atoms with Crippen LogP contribution in [0, 0.1) is 11.3 Å². The lowest BCUT2D eigenvalue weighted by Gasteiger charge is -2.27. The van der Waals surface area contributed by atoms with E-state index in [1.807, 2.05) is 12.1 Å². The molecule has 0 bridgehead atoms. The minimum absolute atomic E-state index is 0.0270. The maximum Gasteiger partial charge on any atom is 0.451 e. The molecule has 8 nitrogen and oxygen atoms in total. The summed E-state index contributed by atoms with van der Waals surface area (Å²) in [6, 6.07) is 9.88. The summed E-state index contributed by atoms with van der Waals surface area (Å²) in [4.78, 5) is 21.8. The van der Waals surface area contributed by atoms with Crippen LogP contribution in [-0.4, -0.2) is 54.3 Å². The largest absolute Gasteiger partial charge is 0.474 e. The van der Waals surface area contributed by atoms with Crippen molar-refractivity contribution < 1.29 is 27.4 Å². The average molecular weight is 489 g/mol. The van der Waals surface area contributed by atoms with E-state index < -0.39 is 18.0 Å². The number of carbonyl (C=O) groups excluding carboxylic acids is 1. The molecule has 2 aliphatic rings. The number of rotatable bonds is 7. The van der Waals surface area contributed by atoms with Gasteiger partial charge in [-0.05, 0) is 37.0 Å². The molecule has 2 aliphatic heterocycles. The molecule has 1 atom stereocenters. The molecule has 35 heavy (non-hydrogen) atoms. The van der Waals surface area contributed by atoms with E-state index in [9.17, 15) is 18.0 Å². The van der Waals surface area contributed by atoms with Crippen LogP contribution in [-0.2, 0) is 22.1 Å². The molecule has 1 aromatic carbocycles. The number of carbonyl (C=O) groups is 1. The molecule has 11 heteroatoms. The summed E-state index contributed by atoms with van der Waals surface area (Å²) in [6.45, 7) is 1.72. The van der Waals surface area contributed by atoms with Crippen molar-refractivity contribution in [2.24, 2.45) is 0 Å². The van der Waals surface area contributed by atoms with Crippen LogP contribution in [0.5, 0.6) is 5.88 Å².